The molecule has 0 bridgehead atoms. The molecule has 1 aliphatic heterocycles. The van der Waals surface area contributed by atoms with Crippen molar-refractivity contribution in [1.82, 2.24) is 24.9 Å². The molecule has 8 heteroatoms. The van der Waals surface area contributed by atoms with Crippen LogP contribution >= 0.6 is 0 Å². The van der Waals surface area contributed by atoms with Crippen LogP contribution in [0, 0.1) is 13.8 Å². The number of likely N-dealkylation sites (N-methyl/N-ethyl adjacent to an activating group) is 1. The molecule has 3 heterocycles. The van der Waals surface area contributed by atoms with Crippen LogP contribution in [0.2, 0.25) is 0 Å². The number of hydrogen-bond acceptors (Lipinski definition) is 5. The van der Waals surface area contributed by atoms with Gasteiger partial charge >= 0.3 is 0 Å². The molecule has 2 aromatic rings. The fourth-order valence-electron chi connectivity index (χ4n) is 2.65. The van der Waals surface area contributed by atoms with Gasteiger partial charge < -0.3 is 19.3 Å². The molecule has 0 saturated heterocycles. The van der Waals surface area contributed by atoms with Crippen LogP contribution in [-0.4, -0.2) is 44.5 Å². The molecule has 8 nitrogen and oxygen atoms in total. The average molecular weight is 317 g/mol. The van der Waals surface area contributed by atoms with E-state index in [0.29, 0.717) is 37.8 Å². The molecular weight excluding hydrogens is 298 g/mol. The molecule has 1 aliphatic rings. The number of amides is 2. The molecular formula is C15H19N5O3. The molecule has 0 atom stereocenters. The molecule has 0 aliphatic carbocycles. The lowest BCUT2D eigenvalue weighted by Gasteiger charge is -2.25. The van der Waals surface area contributed by atoms with Gasteiger partial charge in [0.25, 0.3) is 11.8 Å². The van der Waals surface area contributed by atoms with Crippen molar-refractivity contribution >= 4 is 11.8 Å². The van der Waals surface area contributed by atoms with Gasteiger partial charge in [0.05, 0.1) is 5.69 Å². The summed E-state index contributed by atoms with van der Waals surface area (Å²) < 4.78 is 6.80. The summed E-state index contributed by atoms with van der Waals surface area (Å²) in [5.74, 6) is 0.549. The third-order valence-electron chi connectivity index (χ3n) is 4.09. The van der Waals surface area contributed by atoms with Crippen molar-refractivity contribution in [2.24, 2.45) is 0 Å². The van der Waals surface area contributed by atoms with Crippen LogP contribution in [0.4, 0.5) is 0 Å². The molecule has 23 heavy (non-hydrogen) atoms. The third-order valence-corrected chi connectivity index (χ3v) is 4.09. The zero-order valence-corrected chi connectivity index (χ0v) is 13.4. The van der Waals surface area contributed by atoms with Crippen LogP contribution in [0.5, 0.6) is 0 Å². The molecule has 0 saturated carbocycles. The van der Waals surface area contributed by atoms with Crippen LogP contribution in [0.1, 0.15) is 45.0 Å². The maximum Gasteiger partial charge on any atom is 0.289 e. The SMILES string of the molecule is CCN1CCn2cc(C(=O)NCc3c(C)noc3C)nc2C1=O. The topological polar surface area (TPSA) is 93.3 Å². The largest absolute Gasteiger partial charge is 0.361 e. The van der Waals surface area contributed by atoms with Gasteiger partial charge in [0, 0.05) is 37.9 Å². The Morgan fingerprint density at radius 1 is 1.39 bits per heavy atom. The number of nitrogens with zero attached hydrogens (tertiary/aromatic N) is 4. The van der Waals surface area contributed by atoms with Crippen molar-refractivity contribution in [3.05, 3.63) is 34.7 Å². The van der Waals surface area contributed by atoms with Gasteiger partial charge in [0.15, 0.2) is 5.82 Å². The number of rotatable bonds is 4. The smallest absolute Gasteiger partial charge is 0.289 e. The van der Waals surface area contributed by atoms with Crippen LogP contribution in [0.25, 0.3) is 0 Å². The van der Waals surface area contributed by atoms with E-state index < -0.39 is 0 Å². The second-order valence-electron chi connectivity index (χ2n) is 5.51. The number of aryl methyl sites for hydroxylation is 2. The minimum atomic E-state index is -0.317. The summed E-state index contributed by atoms with van der Waals surface area (Å²) in [6.45, 7) is 7.79. The van der Waals surface area contributed by atoms with Gasteiger partial charge in [0.2, 0.25) is 0 Å². The second kappa shape index (κ2) is 5.86. The van der Waals surface area contributed by atoms with Crippen molar-refractivity contribution in [2.45, 2.75) is 33.9 Å². The van der Waals surface area contributed by atoms with Gasteiger partial charge in [-0.05, 0) is 20.8 Å². The van der Waals surface area contributed by atoms with Gasteiger partial charge in [0.1, 0.15) is 11.5 Å². The van der Waals surface area contributed by atoms with Gasteiger partial charge in [-0.25, -0.2) is 4.98 Å². The molecule has 1 N–H and O–H groups in total. The summed E-state index contributed by atoms with van der Waals surface area (Å²) in [6, 6.07) is 0. The third kappa shape index (κ3) is 2.71. The van der Waals surface area contributed by atoms with Crippen LogP contribution in [0.3, 0.4) is 0 Å². The monoisotopic (exact) mass is 317 g/mol. The number of carbonyl (C=O) groups excluding carboxylic acids is 2. The molecule has 0 aromatic carbocycles. The average Bonchev–Trinajstić information content (AvgIpc) is 3.10. The number of hydrogen-bond donors (Lipinski definition) is 1. The summed E-state index contributed by atoms with van der Waals surface area (Å²) >= 11 is 0. The Bertz CT molecular complexity index is 742. The van der Waals surface area contributed by atoms with E-state index in [1.165, 1.54) is 0 Å². The Hall–Kier alpha value is -2.64. The Labute approximate surface area is 133 Å². The maximum atomic E-state index is 12.3. The lowest BCUT2D eigenvalue weighted by atomic mass is 10.2. The number of fused-ring (bicyclic) bond motifs is 1. The fraction of sp³-hybridized carbons (Fsp3) is 0.467. The van der Waals surface area contributed by atoms with E-state index in [1.54, 1.807) is 22.6 Å². The first kappa shape index (κ1) is 15.3. The van der Waals surface area contributed by atoms with E-state index in [4.69, 9.17) is 4.52 Å². The number of aromatic nitrogens is 3. The van der Waals surface area contributed by atoms with E-state index in [9.17, 15) is 9.59 Å². The van der Waals surface area contributed by atoms with Gasteiger partial charge in [-0.3, -0.25) is 9.59 Å². The molecule has 0 fully saturated rings. The number of carbonyl (C=O) groups is 2. The highest BCUT2D eigenvalue weighted by Gasteiger charge is 2.27. The first-order chi connectivity index (χ1) is 11.0. The van der Waals surface area contributed by atoms with Crippen molar-refractivity contribution in [2.75, 3.05) is 13.1 Å². The van der Waals surface area contributed by atoms with Crippen molar-refractivity contribution in [3.63, 3.8) is 0 Å². The Kier molecular flexibility index (Phi) is 3.89. The lowest BCUT2D eigenvalue weighted by Crippen LogP contribution is -2.40. The first-order valence-corrected chi connectivity index (χ1v) is 7.57. The van der Waals surface area contributed by atoms with Gasteiger partial charge in [-0.15, -0.1) is 0 Å². The van der Waals surface area contributed by atoms with E-state index in [-0.39, 0.29) is 17.5 Å². The Balaban J connectivity index is 1.73. The molecule has 0 unspecified atom stereocenters. The lowest BCUT2D eigenvalue weighted by molar-refractivity contribution is 0.0707. The molecule has 2 amide bonds. The molecule has 3 rings (SSSR count). The Morgan fingerprint density at radius 2 is 2.17 bits per heavy atom. The van der Waals surface area contributed by atoms with Gasteiger partial charge in [-0.2, -0.15) is 0 Å². The predicted octanol–water partition coefficient (Wildman–Crippen LogP) is 0.894. The normalized spacial score (nSPS) is 14.0. The molecule has 0 spiro atoms. The standard InChI is InChI=1S/C15H19N5O3/c1-4-19-5-6-20-8-12(17-13(20)15(19)22)14(21)16-7-11-9(2)18-23-10(11)3/h8H,4-7H2,1-3H3,(H,16,21). The van der Waals surface area contributed by atoms with E-state index in [1.807, 2.05) is 13.8 Å². The number of imidazole rings is 1. The zero-order chi connectivity index (χ0) is 16.6. The van der Waals surface area contributed by atoms with Crippen molar-refractivity contribution < 1.29 is 14.1 Å². The summed E-state index contributed by atoms with van der Waals surface area (Å²) in [6.07, 6.45) is 1.63. The zero-order valence-electron chi connectivity index (χ0n) is 13.4. The van der Waals surface area contributed by atoms with Gasteiger partial charge in [-0.1, -0.05) is 5.16 Å². The Morgan fingerprint density at radius 3 is 2.83 bits per heavy atom. The highest BCUT2D eigenvalue weighted by atomic mass is 16.5. The highest BCUT2D eigenvalue weighted by molar-refractivity contribution is 5.96. The van der Waals surface area contributed by atoms with E-state index >= 15 is 0 Å². The first-order valence-electron chi connectivity index (χ1n) is 7.57. The predicted molar refractivity (Wildman–Crippen MR) is 81.0 cm³/mol. The quantitative estimate of drug-likeness (QED) is 0.904. The minimum Gasteiger partial charge on any atom is -0.361 e. The van der Waals surface area contributed by atoms with Crippen LogP contribution < -0.4 is 5.32 Å². The summed E-state index contributed by atoms with van der Waals surface area (Å²) in [5, 5.41) is 6.64. The molecule has 122 valence electrons. The van der Waals surface area contributed by atoms with Crippen LogP contribution in [-0.2, 0) is 13.1 Å². The molecule has 2 aromatic heterocycles. The maximum absolute atomic E-state index is 12.3. The van der Waals surface area contributed by atoms with Crippen molar-refractivity contribution in [1.29, 1.82) is 0 Å². The fourth-order valence-corrected chi connectivity index (χ4v) is 2.65. The summed E-state index contributed by atoms with van der Waals surface area (Å²) in [4.78, 5) is 30.4. The summed E-state index contributed by atoms with van der Waals surface area (Å²) in [5.41, 5.74) is 1.86. The van der Waals surface area contributed by atoms with E-state index in [0.717, 1.165) is 11.3 Å². The van der Waals surface area contributed by atoms with Crippen molar-refractivity contribution in [3.8, 4) is 0 Å². The molecule has 0 radical (unpaired) electrons. The number of nitrogens with one attached hydrogen (secondary N) is 1. The van der Waals surface area contributed by atoms with Crippen LogP contribution in [0.15, 0.2) is 10.7 Å². The van der Waals surface area contributed by atoms with E-state index in [2.05, 4.69) is 15.5 Å². The summed E-state index contributed by atoms with van der Waals surface area (Å²) in [7, 11) is 0. The minimum absolute atomic E-state index is 0.136. The second-order valence-corrected chi connectivity index (χ2v) is 5.51. The highest BCUT2D eigenvalue weighted by Crippen LogP contribution is 2.14.